The summed E-state index contributed by atoms with van der Waals surface area (Å²) < 4.78 is 11.0. The summed E-state index contributed by atoms with van der Waals surface area (Å²) in [7, 11) is 5.71. The molecule has 6 nitrogen and oxygen atoms in total. The normalized spacial score (nSPS) is 22.5. The van der Waals surface area contributed by atoms with E-state index >= 15 is 0 Å². The van der Waals surface area contributed by atoms with Crippen molar-refractivity contribution in [2.75, 3.05) is 65.5 Å². The van der Waals surface area contributed by atoms with Crippen molar-refractivity contribution in [3.63, 3.8) is 0 Å². The van der Waals surface area contributed by atoms with Gasteiger partial charge in [-0.2, -0.15) is 0 Å². The smallest absolute Gasteiger partial charge is 0.193 e. The van der Waals surface area contributed by atoms with E-state index < -0.39 is 0 Å². The first-order chi connectivity index (χ1) is 12.7. The Morgan fingerprint density at radius 3 is 2.85 bits per heavy atom. The van der Waals surface area contributed by atoms with Gasteiger partial charge in [0.25, 0.3) is 0 Å². The Balaban J connectivity index is 0.00000261. The molecule has 0 aromatic heterocycles. The second kappa shape index (κ2) is 10.9. The van der Waals surface area contributed by atoms with Crippen LogP contribution in [0, 0.1) is 11.8 Å². The molecule has 0 radical (unpaired) electrons. The molecule has 1 aromatic rings. The number of hydrogen-bond acceptors (Lipinski definition) is 4. The first-order valence-corrected chi connectivity index (χ1v) is 9.58. The number of rotatable bonds is 6. The van der Waals surface area contributed by atoms with Crippen LogP contribution in [0.25, 0.3) is 0 Å². The van der Waals surface area contributed by atoms with Crippen LogP contribution in [0.5, 0.6) is 5.75 Å². The summed E-state index contributed by atoms with van der Waals surface area (Å²) in [5.74, 6) is 3.16. The average Bonchev–Trinajstić information content (AvgIpc) is 3.34. The lowest BCUT2D eigenvalue weighted by atomic mass is 10.1. The number of anilines is 1. The maximum Gasteiger partial charge on any atom is 0.193 e. The number of para-hydroxylation sites is 2. The molecule has 3 rings (SSSR count). The predicted molar refractivity (Wildman–Crippen MR) is 122 cm³/mol. The molecule has 2 aliphatic rings. The molecular weight excluding hydrogens is 455 g/mol. The Bertz CT molecular complexity index is 607. The van der Waals surface area contributed by atoms with Crippen molar-refractivity contribution in [1.82, 2.24) is 10.2 Å². The molecule has 2 unspecified atom stereocenters. The van der Waals surface area contributed by atoms with Crippen molar-refractivity contribution in [1.29, 1.82) is 0 Å². The topological polar surface area (TPSA) is 49.3 Å². The van der Waals surface area contributed by atoms with Crippen LogP contribution in [-0.2, 0) is 4.74 Å². The van der Waals surface area contributed by atoms with Crippen molar-refractivity contribution in [3.05, 3.63) is 24.3 Å². The Morgan fingerprint density at radius 2 is 2.15 bits per heavy atom. The number of aliphatic imine (C=N–C) groups is 1. The van der Waals surface area contributed by atoms with E-state index in [1.54, 1.807) is 7.11 Å². The van der Waals surface area contributed by atoms with Crippen LogP contribution in [0.3, 0.4) is 0 Å². The van der Waals surface area contributed by atoms with Crippen LogP contribution in [0.4, 0.5) is 5.69 Å². The van der Waals surface area contributed by atoms with Crippen LogP contribution >= 0.6 is 24.0 Å². The number of methoxy groups -OCH3 is 1. The molecule has 0 spiro atoms. The van der Waals surface area contributed by atoms with Gasteiger partial charge in [-0.1, -0.05) is 12.1 Å². The van der Waals surface area contributed by atoms with E-state index in [9.17, 15) is 0 Å². The summed E-state index contributed by atoms with van der Waals surface area (Å²) in [5, 5.41) is 3.56. The van der Waals surface area contributed by atoms with Crippen molar-refractivity contribution in [3.8, 4) is 5.75 Å². The first-order valence-electron chi connectivity index (χ1n) is 9.58. The Kier molecular flexibility index (Phi) is 8.95. The minimum Gasteiger partial charge on any atom is -0.495 e. The maximum absolute atomic E-state index is 5.51. The minimum absolute atomic E-state index is 0. The molecule has 7 heteroatoms. The molecule has 27 heavy (non-hydrogen) atoms. The first kappa shape index (κ1) is 22.1. The van der Waals surface area contributed by atoms with Crippen molar-refractivity contribution in [2.45, 2.75) is 12.8 Å². The molecule has 152 valence electrons. The van der Waals surface area contributed by atoms with E-state index in [2.05, 4.69) is 39.3 Å². The monoisotopic (exact) mass is 488 g/mol. The number of halogens is 1. The fourth-order valence-electron chi connectivity index (χ4n) is 3.93. The van der Waals surface area contributed by atoms with Gasteiger partial charge in [0.05, 0.1) is 19.4 Å². The zero-order valence-corrected chi connectivity index (χ0v) is 19.0. The standard InChI is InChI=1S/C20H32N4O2.HI/c1-21-20(23(2)13-17-9-11-26-15-17)22-12-16-8-10-24(14-16)18-6-4-5-7-19(18)25-3;/h4-7,16-17H,8-15H2,1-3H3,(H,21,22);1H. The summed E-state index contributed by atoms with van der Waals surface area (Å²) in [4.78, 5) is 9.11. The summed E-state index contributed by atoms with van der Waals surface area (Å²) in [6, 6.07) is 8.27. The lowest BCUT2D eigenvalue weighted by Crippen LogP contribution is -2.43. The molecule has 0 saturated carbocycles. The number of nitrogens with one attached hydrogen (secondary N) is 1. The number of hydrogen-bond donors (Lipinski definition) is 1. The second-order valence-electron chi connectivity index (χ2n) is 7.31. The second-order valence-corrected chi connectivity index (χ2v) is 7.31. The predicted octanol–water partition coefficient (Wildman–Crippen LogP) is 2.68. The van der Waals surface area contributed by atoms with Crippen molar-refractivity contribution in [2.24, 2.45) is 16.8 Å². The highest BCUT2D eigenvalue weighted by atomic mass is 127. The third-order valence-electron chi connectivity index (χ3n) is 5.39. The minimum atomic E-state index is 0. The molecule has 2 fully saturated rings. The number of benzene rings is 1. The molecule has 2 heterocycles. The van der Waals surface area contributed by atoms with Crippen LogP contribution in [0.1, 0.15) is 12.8 Å². The third-order valence-corrected chi connectivity index (χ3v) is 5.39. The van der Waals surface area contributed by atoms with Crippen LogP contribution in [0.2, 0.25) is 0 Å². The maximum atomic E-state index is 5.51. The van der Waals surface area contributed by atoms with E-state index in [0.29, 0.717) is 11.8 Å². The van der Waals surface area contributed by atoms with E-state index in [-0.39, 0.29) is 24.0 Å². The van der Waals surface area contributed by atoms with Gasteiger partial charge in [-0.05, 0) is 30.9 Å². The summed E-state index contributed by atoms with van der Waals surface area (Å²) in [6.45, 7) is 5.83. The Morgan fingerprint density at radius 1 is 1.33 bits per heavy atom. The molecule has 2 atom stereocenters. The average molecular weight is 488 g/mol. The van der Waals surface area contributed by atoms with Gasteiger partial charge >= 0.3 is 0 Å². The van der Waals surface area contributed by atoms with Gasteiger partial charge in [0, 0.05) is 52.8 Å². The van der Waals surface area contributed by atoms with Crippen LogP contribution in [-0.4, -0.2) is 71.5 Å². The van der Waals surface area contributed by atoms with Crippen LogP contribution < -0.4 is 15.0 Å². The highest BCUT2D eigenvalue weighted by molar-refractivity contribution is 14.0. The Hall–Kier alpha value is -1.22. The fourth-order valence-corrected chi connectivity index (χ4v) is 3.93. The molecule has 0 aliphatic carbocycles. The number of ether oxygens (including phenoxy) is 2. The van der Waals surface area contributed by atoms with E-state index in [1.165, 1.54) is 12.1 Å². The summed E-state index contributed by atoms with van der Waals surface area (Å²) in [6.07, 6.45) is 2.33. The summed E-state index contributed by atoms with van der Waals surface area (Å²) in [5.41, 5.74) is 1.19. The van der Waals surface area contributed by atoms with Crippen molar-refractivity contribution >= 4 is 35.6 Å². The van der Waals surface area contributed by atoms with Crippen LogP contribution in [0.15, 0.2) is 29.3 Å². The lowest BCUT2D eigenvalue weighted by Gasteiger charge is -2.26. The number of guanidine groups is 1. The van der Waals surface area contributed by atoms with Crippen molar-refractivity contribution < 1.29 is 9.47 Å². The number of nitrogens with zero attached hydrogens (tertiary/aromatic N) is 3. The lowest BCUT2D eigenvalue weighted by molar-refractivity contribution is 0.181. The van der Waals surface area contributed by atoms with Gasteiger partial charge in [-0.3, -0.25) is 4.99 Å². The quantitative estimate of drug-likeness (QED) is 0.379. The molecule has 1 aromatic carbocycles. The van der Waals surface area contributed by atoms with E-state index in [4.69, 9.17) is 9.47 Å². The van der Waals surface area contributed by atoms with Gasteiger partial charge in [-0.15, -0.1) is 24.0 Å². The highest BCUT2D eigenvalue weighted by Gasteiger charge is 2.25. The van der Waals surface area contributed by atoms with Gasteiger partial charge < -0.3 is 24.6 Å². The molecule has 0 amide bonds. The molecule has 2 aliphatic heterocycles. The van der Waals surface area contributed by atoms with Gasteiger partial charge in [0.1, 0.15) is 5.75 Å². The fraction of sp³-hybridized carbons (Fsp3) is 0.650. The largest absolute Gasteiger partial charge is 0.495 e. The molecular formula is C20H33IN4O2. The Labute approximate surface area is 180 Å². The van der Waals surface area contributed by atoms with Gasteiger partial charge in [-0.25, -0.2) is 0 Å². The highest BCUT2D eigenvalue weighted by Crippen LogP contribution is 2.31. The van der Waals surface area contributed by atoms with E-state index in [1.807, 2.05) is 19.2 Å². The third kappa shape index (κ3) is 5.88. The zero-order valence-electron chi connectivity index (χ0n) is 16.7. The van der Waals surface area contributed by atoms with E-state index in [0.717, 1.165) is 57.5 Å². The molecule has 1 N–H and O–H groups in total. The van der Waals surface area contributed by atoms with Gasteiger partial charge in [0.2, 0.25) is 0 Å². The van der Waals surface area contributed by atoms with Gasteiger partial charge in [0.15, 0.2) is 5.96 Å². The molecule has 0 bridgehead atoms. The SMILES string of the molecule is CN=C(NCC1CCN(c2ccccc2OC)C1)N(C)CC1CCOC1.I. The zero-order chi connectivity index (χ0) is 18.4. The molecule has 2 saturated heterocycles. The summed E-state index contributed by atoms with van der Waals surface area (Å²) >= 11 is 0.